The molecule has 0 spiro atoms. The number of para-hydroxylation sites is 2. The highest BCUT2D eigenvalue weighted by Gasteiger charge is 2.20. The van der Waals surface area contributed by atoms with Crippen molar-refractivity contribution in [2.75, 3.05) is 42.9 Å². The first-order valence-corrected chi connectivity index (χ1v) is 8.41. The number of nitrogens with zero attached hydrogens (tertiary/aromatic N) is 4. The van der Waals surface area contributed by atoms with Crippen molar-refractivity contribution in [1.82, 2.24) is 19.9 Å². The lowest BCUT2D eigenvalue weighted by molar-refractivity contribution is -0.117. The Balaban J connectivity index is 1.30. The summed E-state index contributed by atoms with van der Waals surface area (Å²) in [6.45, 7) is 3.78. The van der Waals surface area contributed by atoms with Crippen LogP contribution in [0.2, 0.25) is 0 Å². The molecule has 0 saturated carbocycles. The fourth-order valence-corrected chi connectivity index (χ4v) is 3.06. The van der Waals surface area contributed by atoms with Gasteiger partial charge in [0, 0.05) is 32.4 Å². The number of nitrogens with one attached hydrogen (secondary N) is 2. The van der Waals surface area contributed by atoms with Crippen LogP contribution in [0.4, 0.5) is 11.8 Å². The van der Waals surface area contributed by atoms with Crippen molar-refractivity contribution in [1.29, 1.82) is 0 Å². The summed E-state index contributed by atoms with van der Waals surface area (Å²) in [5.74, 6) is 1.44. The van der Waals surface area contributed by atoms with Gasteiger partial charge in [0.1, 0.15) is 5.82 Å². The zero-order valence-corrected chi connectivity index (χ0v) is 13.9. The Morgan fingerprint density at radius 2 is 1.88 bits per heavy atom. The average Bonchev–Trinajstić information content (AvgIpc) is 3.05. The number of imidazole rings is 1. The van der Waals surface area contributed by atoms with Crippen LogP contribution in [0.3, 0.4) is 0 Å². The molecule has 0 radical (unpaired) electrons. The van der Waals surface area contributed by atoms with Gasteiger partial charge in [0.2, 0.25) is 11.9 Å². The van der Waals surface area contributed by atoms with Gasteiger partial charge in [-0.15, -0.1) is 0 Å². The van der Waals surface area contributed by atoms with Crippen LogP contribution in [-0.4, -0.2) is 58.5 Å². The zero-order chi connectivity index (χ0) is 17.1. The van der Waals surface area contributed by atoms with Gasteiger partial charge in [-0.25, -0.2) is 9.97 Å². The number of carbonyl (C=O) groups excluding carboxylic acids is 1. The van der Waals surface area contributed by atoms with Crippen LogP contribution in [0.1, 0.15) is 0 Å². The zero-order valence-electron chi connectivity index (χ0n) is 13.9. The van der Waals surface area contributed by atoms with Gasteiger partial charge in [0.15, 0.2) is 0 Å². The van der Waals surface area contributed by atoms with E-state index >= 15 is 0 Å². The maximum atomic E-state index is 12.3. The quantitative estimate of drug-likeness (QED) is 0.759. The summed E-state index contributed by atoms with van der Waals surface area (Å²) in [7, 11) is 0. The molecule has 128 valence electrons. The standard InChI is InChI=1S/C18H20N6O/c25-17(22-18-20-14-5-1-2-6-15(14)21-18)13-23-9-11-24(12-10-23)16-7-3-4-8-19-16/h1-8H,9-13H2,(H2,20,21,22,25). The van der Waals surface area contributed by atoms with E-state index in [1.807, 2.05) is 48.7 Å². The summed E-state index contributed by atoms with van der Waals surface area (Å²) >= 11 is 0. The van der Waals surface area contributed by atoms with E-state index in [0.29, 0.717) is 12.5 Å². The Morgan fingerprint density at radius 3 is 2.64 bits per heavy atom. The summed E-state index contributed by atoms with van der Waals surface area (Å²) < 4.78 is 0. The number of anilines is 2. The van der Waals surface area contributed by atoms with Gasteiger partial charge in [-0.05, 0) is 24.3 Å². The molecule has 1 saturated heterocycles. The second-order valence-electron chi connectivity index (χ2n) is 6.10. The summed E-state index contributed by atoms with van der Waals surface area (Å²) in [4.78, 5) is 28.5. The van der Waals surface area contributed by atoms with Crippen molar-refractivity contribution in [3.63, 3.8) is 0 Å². The third-order valence-electron chi connectivity index (χ3n) is 4.36. The molecule has 3 aromatic rings. The third-order valence-corrected chi connectivity index (χ3v) is 4.36. The van der Waals surface area contributed by atoms with Gasteiger partial charge in [-0.2, -0.15) is 0 Å². The van der Waals surface area contributed by atoms with E-state index in [9.17, 15) is 4.79 Å². The molecule has 0 atom stereocenters. The number of piperazine rings is 1. The molecular weight excluding hydrogens is 316 g/mol. The lowest BCUT2D eigenvalue weighted by Gasteiger charge is -2.34. The van der Waals surface area contributed by atoms with Crippen LogP contribution in [0.15, 0.2) is 48.7 Å². The summed E-state index contributed by atoms with van der Waals surface area (Å²) in [5.41, 5.74) is 1.77. The predicted octanol–water partition coefficient (Wildman–Crippen LogP) is 1.72. The van der Waals surface area contributed by atoms with E-state index in [0.717, 1.165) is 43.0 Å². The first-order valence-electron chi connectivity index (χ1n) is 8.41. The molecule has 1 amide bonds. The minimum atomic E-state index is -0.0506. The monoisotopic (exact) mass is 336 g/mol. The predicted molar refractivity (Wildman–Crippen MR) is 97.6 cm³/mol. The smallest absolute Gasteiger partial charge is 0.240 e. The molecule has 1 aliphatic heterocycles. The van der Waals surface area contributed by atoms with Gasteiger partial charge in [0.25, 0.3) is 0 Å². The highest BCUT2D eigenvalue weighted by atomic mass is 16.2. The van der Waals surface area contributed by atoms with Gasteiger partial charge < -0.3 is 9.88 Å². The van der Waals surface area contributed by atoms with E-state index in [1.165, 1.54) is 0 Å². The summed E-state index contributed by atoms with van der Waals surface area (Å²) in [6.07, 6.45) is 1.81. The maximum Gasteiger partial charge on any atom is 0.240 e. The molecule has 2 aromatic heterocycles. The largest absolute Gasteiger partial charge is 0.354 e. The van der Waals surface area contributed by atoms with E-state index in [4.69, 9.17) is 0 Å². The van der Waals surface area contributed by atoms with Crippen LogP contribution in [0, 0.1) is 0 Å². The highest BCUT2D eigenvalue weighted by molar-refractivity contribution is 5.92. The molecule has 1 fully saturated rings. The Hall–Kier alpha value is -2.93. The molecule has 25 heavy (non-hydrogen) atoms. The Kier molecular flexibility index (Phi) is 4.30. The van der Waals surface area contributed by atoms with Crippen molar-refractivity contribution in [3.05, 3.63) is 48.7 Å². The van der Waals surface area contributed by atoms with Crippen molar-refractivity contribution in [3.8, 4) is 0 Å². The molecule has 4 rings (SSSR count). The van der Waals surface area contributed by atoms with E-state index in [1.54, 1.807) is 0 Å². The lowest BCUT2D eigenvalue weighted by atomic mass is 10.3. The number of H-pyrrole nitrogens is 1. The molecule has 0 aliphatic carbocycles. The minimum Gasteiger partial charge on any atom is -0.354 e. The van der Waals surface area contributed by atoms with E-state index in [-0.39, 0.29) is 5.91 Å². The summed E-state index contributed by atoms with van der Waals surface area (Å²) in [5, 5.41) is 2.85. The Morgan fingerprint density at radius 1 is 1.08 bits per heavy atom. The minimum absolute atomic E-state index is 0.0506. The number of benzene rings is 1. The number of aromatic nitrogens is 3. The molecule has 7 nitrogen and oxygen atoms in total. The van der Waals surface area contributed by atoms with Crippen molar-refractivity contribution in [2.45, 2.75) is 0 Å². The normalized spacial score (nSPS) is 15.4. The fraction of sp³-hybridized carbons (Fsp3) is 0.278. The van der Waals surface area contributed by atoms with Gasteiger partial charge in [-0.3, -0.25) is 15.0 Å². The number of hydrogen-bond donors (Lipinski definition) is 2. The SMILES string of the molecule is O=C(CN1CCN(c2ccccn2)CC1)Nc1nc2ccccc2[nH]1. The second-order valence-corrected chi connectivity index (χ2v) is 6.10. The van der Waals surface area contributed by atoms with E-state index in [2.05, 4.69) is 30.1 Å². The maximum absolute atomic E-state index is 12.3. The van der Waals surface area contributed by atoms with Crippen LogP contribution in [0.25, 0.3) is 11.0 Å². The van der Waals surface area contributed by atoms with Crippen molar-refractivity contribution < 1.29 is 4.79 Å². The molecule has 2 N–H and O–H groups in total. The van der Waals surface area contributed by atoms with Crippen molar-refractivity contribution in [2.24, 2.45) is 0 Å². The van der Waals surface area contributed by atoms with Crippen LogP contribution in [0.5, 0.6) is 0 Å². The van der Waals surface area contributed by atoms with Crippen LogP contribution >= 0.6 is 0 Å². The van der Waals surface area contributed by atoms with Gasteiger partial charge in [0.05, 0.1) is 17.6 Å². The number of pyridine rings is 1. The fourth-order valence-electron chi connectivity index (χ4n) is 3.06. The number of hydrogen-bond acceptors (Lipinski definition) is 5. The number of rotatable bonds is 4. The highest BCUT2D eigenvalue weighted by Crippen LogP contribution is 2.14. The molecule has 0 bridgehead atoms. The van der Waals surface area contributed by atoms with E-state index < -0.39 is 0 Å². The van der Waals surface area contributed by atoms with Crippen LogP contribution < -0.4 is 10.2 Å². The molecule has 3 heterocycles. The molecule has 1 aromatic carbocycles. The molecule has 0 unspecified atom stereocenters. The number of amides is 1. The topological polar surface area (TPSA) is 77.2 Å². The van der Waals surface area contributed by atoms with Gasteiger partial charge in [-0.1, -0.05) is 18.2 Å². The average molecular weight is 336 g/mol. The first-order chi connectivity index (χ1) is 12.3. The number of carbonyl (C=O) groups is 1. The van der Waals surface area contributed by atoms with Crippen molar-refractivity contribution >= 4 is 28.7 Å². The second kappa shape index (κ2) is 6.90. The lowest BCUT2D eigenvalue weighted by Crippen LogP contribution is -2.48. The molecule has 7 heteroatoms. The number of fused-ring (bicyclic) bond motifs is 1. The molecule has 1 aliphatic rings. The Bertz CT molecular complexity index is 821. The van der Waals surface area contributed by atoms with Crippen LogP contribution in [-0.2, 0) is 4.79 Å². The first kappa shape index (κ1) is 15.6. The number of aromatic amines is 1. The summed E-state index contributed by atoms with van der Waals surface area (Å²) in [6, 6.07) is 13.7. The van der Waals surface area contributed by atoms with Gasteiger partial charge >= 0.3 is 0 Å². The molecular formula is C18H20N6O. The third kappa shape index (κ3) is 3.61. The Labute approximate surface area is 145 Å².